The third-order valence-corrected chi connectivity index (χ3v) is 3.27. The van der Waals surface area contributed by atoms with Crippen LogP contribution in [0.2, 0.25) is 0 Å². The Hall–Kier alpha value is -2.20. The van der Waals surface area contributed by atoms with Gasteiger partial charge in [-0.05, 0) is 32.2 Å². The maximum absolute atomic E-state index is 13.4. The summed E-state index contributed by atoms with van der Waals surface area (Å²) in [6, 6.07) is 4.29. The number of halogens is 5. The van der Waals surface area contributed by atoms with Crippen molar-refractivity contribution in [3.8, 4) is 5.69 Å². The molecule has 0 aliphatic rings. The maximum Gasteiger partial charge on any atom is 0.435 e. The SMILES string of the molecule is CNC(C)CNC(=O)c1nnn(-c2cccc(F)c2)c1C(F)(F)F.Cl. The normalized spacial score (nSPS) is 12.4. The van der Waals surface area contributed by atoms with Crippen LogP contribution in [0.3, 0.4) is 0 Å². The van der Waals surface area contributed by atoms with Gasteiger partial charge in [0.25, 0.3) is 5.91 Å². The lowest BCUT2D eigenvalue weighted by atomic mass is 10.2. The molecule has 138 valence electrons. The second kappa shape index (κ2) is 8.26. The monoisotopic (exact) mass is 381 g/mol. The van der Waals surface area contributed by atoms with Crippen LogP contribution in [-0.2, 0) is 6.18 Å². The molecule has 2 N–H and O–H groups in total. The van der Waals surface area contributed by atoms with Crippen molar-refractivity contribution in [2.45, 2.75) is 19.1 Å². The van der Waals surface area contributed by atoms with E-state index >= 15 is 0 Å². The van der Waals surface area contributed by atoms with E-state index in [1.54, 1.807) is 14.0 Å². The first kappa shape index (κ1) is 20.8. The van der Waals surface area contributed by atoms with Crippen molar-refractivity contribution in [3.63, 3.8) is 0 Å². The van der Waals surface area contributed by atoms with Gasteiger partial charge in [0.1, 0.15) is 5.82 Å². The maximum atomic E-state index is 13.4. The molecule has 6 nitrogen and oxygen atoms in total. The first-order valence-electron chi connectivity index (χ1n) is 6.98. The molecule has 1 heterocycles. The van der Waals surface area contributed by atoms with Gasteiger partial charge in [0, 0.05) is 12.6 Å². The molecular formula is C14H16ClF4N5O. The van der Waals surface area contributed by atoms with Gasteiger partial charge in [-0.3, -0.25) is 4.79 Å². The molecule has 0 aliphatic carbocycles. The Bertz CT molecular complexity index is 734. The van der Waals surface area contributed by atoms with E-state index in [2.05, 4.69) is 20.9 Å². The van der Waals surface area contributed by atoms with Crippen LogP contribution in [-0.4, -0.2) is 40.5 Å². The van der Waals surface area contributed by atoms with Crippen LogP contribution in [0.25, 0.3) is 5.69 Å². The van der Waals surface area contributed by atoms with Crippen molar-refractivity contribution in [2.75, 3.05) is 13.6 Å². The van der Waals surface area contributed by atoms with E-state index < -0.39 is 29.3 Å². The van der Waals surface area contributed by atoms with Gasteiger partial charge in [-0.25, -0.2) is 9.07 Å². The Morgan fingerprint density at radius 2 is 2.04 bits per heavy atom. The predicted octanol–water partition coefficient (Wildman–Crippen LogP) is 2.18. The highest BCUT2D eigenvalue weighted by Gasteiger charge is 2.42. The van der Waals surface area contributed by atoms with E-state index in [9.17, 15) is 22.4 Å². The summed E-state index contributed by atoms with van der Waals surface area (Å²) in [6.07, 6.45) is -4.89. The molecule has 1 amide bonds. The number of carbonyl (C=O) groups is 1. The number of carbonyl (C=O) groups excluding carboxylic acids is 1. The fraction of sp³-hybridized carbons (Fsp3) is 0.357. The highest BCUT2D eigenvalue weighted by molar-refractivity contribution is 5.93. The zero-order valence-corrected chi connectivity index (χ0v) is 14.1. The lowest BCUT2D eigenvalue weighted by Gasteiger charge is -2.13. The number of amides is 1. The standard InChI is InChI=1S/C14H15F4N5O.ClH/c1-8(19-2)7-20-13(24)11-12(14(16,17)18)23(22-21-11)10-5-3-4-9(15)6-10;/h3-6,8,19H,7H2,1-2H3,(H,20,24);1H. The molecule has 1 aromatic heterocycles. The average molecular weight is 382 g/mol. The number of nitrogens with zero attached hydrogens (tertiary/aromatic N) is 3. The van der Waals surface area contributed by atoms with Gasteiger partial charge in [0.05, 0.1) is 5.69 Å². The highest BCUT2D eigenvalue weighted by Crippen LogP contribution is 2.32. The molecule has 0 bridgehead atoms. The molecule has 2 rings (SSSR count). The Labute approximate surface area is 147 Å². The topological polar surface area (TPSA) is 71.8 Å². The van der Waals surface area contributed by atoms with Crippen LogP contribution in [0.15, 0.2) is 24.3 Å². The molecule has 1 unspecified atom stereocenters. The van der Waals surface area contributed by atoms with Crippen LogP contribution < -0.4 is 10.6 Å². The Morgan fingerprint density at radius 1 is 1.36 bits per heavy atom. The fourth-order valence-corrected chi connectivity index (χ4v) is 1.91. The van der Waals surface area contributed by atoms with E-state index in [0.717, 1.165) is 12.1 Å². The summed E-state index contributed by atoms with van der Waals surface area (Å²) in [5.41, 5.74) is -2.41. The van der Waals surface area contributed by atoms with Crippen LogP contribution in [0.1, 0.15) is 23.1 Å². The molecule has 11 heteroatoms. The van der Waals surface area contributed by atoms with Crippen molar-refractivity contribution in [1.82, 2.24) is 25.6 Å². The van der Waals surface area contributed by atoms with Gasteiger partial charge in [0.2, 0.25) is 0 Å². The van der Waals surface area contributed by atoms with Crippen molar-refractivity contribution < 1.29 is 22.4 Å². The number of likely N-dealkylation sites (N-methyl/N-ethyl adjacent to an activating group) is 1. The second-order valence-corrected chi connectivity index (χ2v) is 5.08. The quantitative estimate of drug-likeness (QED) is 0.779. The molecule has 0 spiro atoms. The van der Waals surface area contributed by atoms with E-state index in [4.69, 9.17) is 0 Å². The minimum absolute atomic E-state index is 0. The number of nitrogens with one attached hydrogen (secondary N) is 2. The van der Waals surface area contributed by atoms with Crippen molar-refractivity contribution >= 4 is 18.3 Å². The summed E-state index contributed by atoms with van der Waals surface area (Å²) < 4.78 is 53.8. The minimum atomic E-state index is -4.89. The summed E-state index contributed by atoms with van der Waals surface area (Å²) in [4.78, 5) is 12.0. The predicted molar refractivity (Wildman–Crippen MR) is 84.4 cm³/mol. The van der Waals surface area contributed by atoms with Crippen LogP contribution in [0, 0.1) is 5.82 Å². The zero-order chi connectivity index (χ0) is 17.9. The largest absolute Gasteiger partial charge is 0.435 e. The molecule has 0 radical (unpaired) electrons. The van der Waals surface area contributed by atoms with E-state index in [1.807, 2.05) is 0 Å². The van der Waals surface area contributed by atoms with E-state index in [0.29, 0.717) is 4.68 Å². The Morgan fingerprint density at radius 3 is 2.60 bits per heavy atom. The molecule has 0 saturated carbocycles. The smallest absolute Gasteiger partial charge is 0.349 e. The minimum Gasteiger partial charge on any atom is -0.349 e. The second-order valence-electron chi connectivity index (χ2n) is 5.08. The third-order valence-electron chi connectivity index (χ3n) is 3.27. The fourth-order valence-electron chi connectivity index (χ4n) is 1.91. The van der Waals surface area contributed by atoms with Crippen molar-refractivity contribution in [1.29, 1.82) is 0 Å². The molecule has 0 saturated heterocycles. The molecule has 1 atom stereocenters. The van der Waals surface area contributed by atoms with Gasteiger partial charge in [-0.15, -0.1) is 17.5 Å². The summed E-state index contributed by atoms with van der Waals surface area (Å²) in [5.74, 6) is -1.74. The molecule has 2 aromatic rings. The lowest BCUT2D eigenvalue weighted by Crippen LogP contribution is -2.38. The zero-order valence-electron chi connectivity index (χ0n) is 13.3. The molecule has 25 heavy (non-hydrogen) atoms. The first-order valence-corrected chi connectivity index (χ1v) is 6.98. The van der Waals surface area contributed by atoms with Gasteiger partial charge in [-0.2, -0.15) is 13.2 Å². The first-order chi connectivity index (χ1) is 11.2. The molecule has 0 aliphatic heterocycles. The average Bonchev–Trinajstić information content (AvgIpc) is 2.97. The number of hydrogen-bond acceptors (Lipinski definition) is 4. The summed E-state index contributed by atoms with van der Waals surface area (Å²) in [5, 5.41) is 11.9. The molecule has 1 aromatic carbocycles. The van der Waals surface area contributed by atoms with Gasteiger partial charge in [-0.1, -0.05) is 11.3 Å². The lowest BCUT2D eigenvalue weighted by molar-refractivity contribution is -0.143. The van der Waals surface area contributed by atoms with Gasteiger partial charge < -0.3 is 10.6 Å². The number of alkyl halides is 3. The summed E-state index contributed by atoms with van der Waals surface area (Å²) in [7, 11) is 1.65. The number of aromatic nitrogens is 3. The summed E-state index contributed by atoms with van der Waals surface area (Å²) in [6.45, 7) is 1.86. The summed E-state index contributed by atoms with van der Waals surface area (Å²) >= 11 is 0. The molecule has 0 fully saturated rings. The van der Waals surface area contributed by atoms with E-state index in [-0.39, 0.29) is 30.7 Å². The Balaban J connectivity index is 0.00000312. The van der Waals surface area contributed by atoms with Crippen molar-refractivity contribution in [2.24, 2.45) is 0 Å². The Kier molecular flexibility index (Phi) is 6.88. The van der Waals surface area contributed by atoms with Gasteiger partial charge in [0.15, 0.2) is 11.4 Å². The van der Waals surface area contributed by atoms with Crippen LogP contribution in [0.5, 0.6) is 0 Å². The number of hydrogen-bond donors (Lipinski definition) is 2. The van der Waals surface area contributed by atoms with Crippen LogP contribution in [0.4, 0.5) is 17.6 Å². The number of benzene rings is 1. The van der Waals surface area contributed by atoms with Crippen molar-refractivity contribution in [3.05, 3.63) is 41.5 Å². The number of rotatable bonds is 5. The van der Waals surface area contributed by atoms with E-state index in [1.165, 1.54) is 12.1 Å². The highest BCUT2D eigenvalue weighted by atomic mass is 35.5. The van der Waals surface area contributed by atoms with Gasteiger partial charge >= 0.3 is 6.18 Å². The molecular weight excluding hydrogens is 366 g/mol. The van der Waals surface area contributed by atoms with Crippen LogP contribution >= 0.6 is 12.4 Å². The third kappa shape index (κ3) is 4.89.